The van der Waals surface area contributed by atoms with Crippen molar-refractivity contribution in [2.75, 3.05) is 26.8 Å². The number of rotatable bonds is 3. The van der Waals surface area contributed by atoms with Gasteiger partial charge in [-0.3, -0.25) is 9.59 Å². The first-order valence-corrected chi connectivity index (χ1v) is 9.52. The van der Waals surface area contributed by atoms with Gasteiger partial charge in [0.2, 0.25) is 5.91 Å². The number of hydrogen-bond donors (Lipinski definition) is 0. The van der Waals surface area contributed by atoms with Gasteiger partial charge in [-0.1, -0.05) is 18.2 Å². The number of piperidine rings is 1. The number of fused-ring (bicyclic) bond motifs is 1. The van der Waals surface area contributed by atoms with Crippen molar-refractivity contribution in [1.29, 1.82) is 0 Å². The van der Waals surface area contributed by atoms with Gasteiger partial charge in [-0.2, -0.15) is 5.10 Å². The predicted octanol–water partition coefficient (Wildman–Crippen LogP) is 1.58. The first-order valence-electron chi connectivity index (χ1n) is 9.52. The minimum absolute atomic E-state index is 0.0365. The van der Waals surface area contributed by atoms with Crippen LogP contribution >= 0.6 is 0 Å². The lowest BCUT2D eigenvalue weighted by atomic mass is 9.82. The molecule has 2 aliphatic rings. The van der Waals surface area contributed by atoms with Crippen molar-refractivity contribution in [2.45, 2.75) is 43.9 Å². The number of amides is 1. The van der Waals surface area contributed by atoms with Crippen molar-refractivity contribution in [3.8, 4) is 0 Å². The molecule has 2 saturated heterocycles. The molecule has 0 radical (unpaired) electrons. The van der Waals surface area contributed by atoms with Gasteiger partial charge in [0, 0.05) is 32.2 Å². The molecule has 0 N–H and O–H groups in total. The largest absolute Gasteiger partial charge is 0.378 e. The maximum absolute atomic E-state index is 12.7. The fourth-order valence-electron chi connectivity index (χ4n) is 4.30. The van der Waals surface area contributed by atoms with Gasteiger partial charge in [-0.15, -0.1) is 0 Å². The molecule has 7 nitrogen and oxygen atoms in total. The number of carbonyl (C=O) groups excluding carboxylic acids is 1. The third-order valence-corrected chi connectivity index (χ3v) is 5.88. The van der Waals surface area contributed by atoms with E-state index in [0.29, 0.717) is 18.5 Å². The first-order chi connectivity index (χ1) is 13.1. The van der Waals surface area contributed by atoms with E-state index in [1.807, 2.05) is 18.2 Å². The molecule has 0 aliphatic carbocycles. The molecule has 2 aliphatic heterocycles. The number of likely N-dealkylation sites (tertiary alicyclic amines) is 1. The quantitative estimate of drug-likeness (QED) is 0.819. The summed E-state index contributed by atoms with van der Waals surface area (Å²) in [6, 6.07) is 7.28. The summed E-state index contributed by atoms with van der Waals surface area (Å²) < 4.78 is 13.0. The molecule has 1 atom stereocenters. The number of carbonyl (C=O) groups is 1. The normalized spacial score (nSPS) is 22.3. The van der Waals surface area contributed by atoms with Crippen LogP contribution in [0.1, 0.15) is 25.7 Å². The zero-order chi connectivity index (χ0) is 18.9. The molecule has 0 unspecified atom stereocenters. The van der Waals surface area contributed by atoms with Crippen LogP contribution < -0.4 is 5.56 Å². The highest BCUT2D eigenvalue weighted by Gasteiger charge is 2.45. The van der Waals surface area contributed by atoms with Crippen LogP contribution in [0.3, 0.4) is 0 Å². The molecule has 1 amide bonds. The topological polar surface area (TPSA) is 73.7 Å². The zero-order valence-corrected chi connectivity index (χ0v) is 15.6. The molecule has 3 heterocycles. The number of benzene rings is 1. The van der Waals surface area contributed by atoms with E-state index in [2.05, 4.69) is 5.10 Å². The monoisotopic (exact) mass is 371 g/mol. The van der Waals surface area contributed by atoms with Crippen molar-refractivity contribution in [2.24, 2.45) is 0 Å². The smallest absolute Gasteiger partial charge is 0.275 e. The second-order valence-corrected chi connectivity index (χ2v) is 7.36. The Kier molecular flexibility index (Phi) is 4.97. The van der Waals surface area contributed by atoms with E-state index >= 15 is 0 Å². The summed E-state index contributed by atoms with van der Waals surface area (Å²) in [5.41, 5.74) is -0.507. The lowest BCUT2D eigenvalue weighted by Gasteiger charge is -2.48. The summed E-state index contributed by atoms with van der Waals surface area (Å²) in [6.07, 6.45) is 5.26. The van der Waals surface area contributed by atoms with E-state index < -0.39 is 0 Å². The molecular formula is C20H25N3O4. The Morgan fingerprint density at radius 1 is 1.33 bits per heavy atom. The van der Waals surface area contributed by atoms with E-state index in [9.17, 15) is 9.59 Å². The number of hydrogen-bond acceptors (Lipinski definition) is 5. The average Bonchev–Trinajstić information content (AvgIpc) is 2.71. The fraction of sp³-hybridized carbons (Fsp3) is 0.550. The summed E-state index contributed by atoms with van der Waals surface area (Å²) in [7, 11) is 1.73. The van der Waals surface area contributed by atoms with Gasteiger partial charge in [0.15, 0.2) is 0 Å². The highest BCUT2D eigenvalue weighted by atomic mass is 16.5. The molecule has 1 spiro atoms. The molecule has 2 aromatic rings. The molecule has 144 valence electrons. The summed E-state index contributed by atoms with van der Waals surface area (Å²) in [5.74, 6) is -0.0838. The molecule has 1 aromatic heterocycles. The predicted molar refractivity (Wildman–Crippen MR) is 101 cm³/mol. The Morgan fingerprint density at radius 2 is 2.11 bits per heavy atom. The van der Waals surface area contributed by atoms with Gasteiger partial charge in [0.1, 0.15) is 6.54 Å². The van der Waals surface area contributed by atoms with Crippen LogP contribution in [-0.2, 0) is 20.8 Å². The summed E-state index contributed by atoms with van der Waals surface area (Å²) in [6.45, 7) is 1.94. The standard InChI is InChI=1S/C20H25N3O4/c1-26-17-7-4-12-27-20(17)8-10-22(11-9-20)18(24)14-23-19(25)16-6-3-2-5-15(16)13-21-23/h2-3,5-6,13,17H,4,7-12,14H2,1H3/t17-/m0/s1. The molecule has 4 rings (SSSR count). The van der Waals surface area contributed by atoms with Crippen LogP contribution in [-0.4, -0.2) is 59.1 Å². The molecule has 1 aromatic carbocycles. The minimum atomic E-state index is -0.276. The molecule has 7 heteroatoms. The van der Waals surface area contributed by atoms with Crippen molar-refractivity contribution in [3.05, 3.63) is 40.8 Å². The second-order valence-electron chi connectivity index (χ2n) is 7.36. The van der Waals surface area contributed by atoms with Crippen LogP contribution in [0.2, 0.25) is 0 Å². The average molecular weight is 371 g/mol. The molecule has 0 bridgehead atoms. The first kappa shape index (κ1) is 18.1. The van der Waals surface area contributed by atoms with E-state index in [1.165, 1.54) is 4.68 Å². The molecule has 27 heavy (non-hydrogen) atoms. The summed E-state index contributed by atoms with van der Waals surface area (Å²) in [4.78, 5) is 27.1. The highest BCUT2D eigenvalue weighted by molar-refractivity contribution is 5.81. The Bertz CT molecular complexity index is 886. The van der Waals surface area contributed by atoms with Crippen molar-refractivity contribution >= 4 is 16.7 Å². The Balaban J connectivity index is 1.44. The van der Waals surface area contributed by atoms with E-state index in [-0.39, 0.29) is 29.7 Å². The number of methoxy groups -OCH3 is 1. The highest BCUT2D eigenvalue weighted by Crippen LogP contribution is 2.36. The van der Waals surface area contributed by atoms with Gasteiger partial charge in [0.05, 0.1) is 23.3 Å². The Labute approximate surface area is 157 Å². The number of ether oxygens (including phenoxy) is 2. The summed E-state index contributed by atoms with van der Waals surface area (Å²) >= 11 is 0. The van der Waals surface area contributed by atoms with Gasteiger partial charge >= 0.3 is 0 Å². The van der Waals surface area contributed by atoms with Crippen LogP contribution in [0, 0.1) is 0 Å². The van der Waals surface area contributed by atoms with Crippen LogP contribution in [0.5, 0.6) is 0 Å². The van der Waals surface area contributed by atoms with Crippen molar-refractivity contribution in [3.63, 3.8) is 0 Å². The van der Waals surface area contributed by atoms with Crippen LogP contribution in [0.4, 0.5) is 0 Å². The molecule has 0 saturated carbocycles. The van der Waals surface area contributed by atoms with Crippen molar-refractivity contribution in [1.82, 2.24) is 14.7 Å². The minimum Gasteiger partial charge on any atom is -0.378 e. The number of aromatic nitrogens is 2. The Hall–Kier alpha value is -2.25. The lowest BCUT2D eigenvalue weighted by molar-refractivity contribution is -0.188. The fourth-order valence-corrected chi connectivity index (χ4v) is 4.30. The maximum Gasteiger partial charge on any atom is 0.275 e. The molecular weight excluding hydrogens is 346 g/mol. The van der Waals surface area contributed by atoms with E-state index in [0.717, 1.165) is 37.7 Å². The SMILES string of the molecule is CO[C@H]1CCCOC12CCN(C(=O)Cn1ncc3ccccc3c1=O)CC2. The molecule has 2 fully saturated rings. The zero-order valence-electron chi connectivity index (χ0n) is 15.6. The third kappa shape index (κ3) is 3.37. The van der Waals surface area contributed by atoms with Crippen molar-refractivity contribution < 1.29 is 14.3 Å². The lowest BCUT2D eigenvalue weighted by Crippen LogP contribution is -2.57. The second kappa shape index (κ2) is 7.40. The van der Waals surface area contributed by atoms with E-state index in [4.69, 9.17) is 9.47 Å². The number of nitrogens with zero attached hydrogens (tertiary/aromatic N) is 3. The van der Waals surface area contributed by atoms with E-state index in [1.54, 1.807) is 24.3 Å². The Morgan fingerprint density at radius 3 is 2.89 bits per heavy atom. The van der Waals surface area contributed by atoms with Gasteiger partial charge in [0.25, 0.3) is 5.56 Å². The van der Waals surface area contributed by atoms with Crippen LogP contribution in [0.25, 0.3) is 10.8 Å². The maximum atomic E-state index is 12.7. The summed E-state index contributed by atoms with van der Waals surface area (Å²) in [5, 5.41) is 5.53. The third-order valence-electron chi connectivity index (χ3n) is 5.88. The van der Waals surface area contributed by atoms with Crippen LogP contribution in [0.15, 0.2) is 35.3 Å². The van der Waals surface area contributed by atoms with Gasteiger partial charge in [-0.05, 0) is 31.7 Å². The van der Waals surface area contributed by atoms with Gasteiger partial charge in [-0.25, -0.2) is 4.68 Å². The van der Waals surface area contributed by atoms with Gasteiger partial charge < -0.3 is 14.4 Å².